The second kappa shape index (κ2) is 6.23. The largest absolute Gasteiger partial charge is 0.321 e. The van der Waals surface area contributed by atoms with E-state index in [4.69, 9.17) is 11.6 Å². The number of halogens is 1. The number of amides is 1. The minimum Gasteiger partial charge on any atom is -0.321 e. The zero-order valence-corrected chi connectivity index (χ0v) is 16.2. The van der Waals surface area contributed by atoms with Gasteiger partial charge in [-0.3, -0.25) is 4.79 Å². The number of para-hydroxylation sites is 1. The topological polar surface area (TPSA) is 71.4 Å². The first-order valence-corrected chi connectivity index (χ1v) is 9.92. The maximum atomic E-state index is 12.7. The van der Waals surface area contributed by atoms with Crippen molar-refractivity contribution < 1.29 is 13.2 Å². The van der Waals surface area contributed by atoms with E-state index in [1.54, 1.807) is 36.4 Å². The minimum atomic E-state index is -3.69. The van der Waals surface area contributed by atoms with Crippen LogP contribution in [0.2, 0.25) is 5.02 Å². The molecule has 1 N–H and O–H groups in total. The van der Waals surface area contributed by atoms with Gasteiger partial charge in [-0.2, -0.15) is 12.7 Å². The highest BCUT2D eigenvalue weighted by molar-refractivity contribution is 7.87. The minimum absolute atomic E-state index is 0.250. The summed E-state index contributed by atoms with van der Waals surface area (Å²) in [5.41, 5.74) is 3.03. The Balaban J connectivity index is 1.95. The van der Waals surface area contributed by atoms with Crippen molar-refractivity contribution in [1.82, 2.24) is 8.28 Å². The molecule has 2 aromatic carbocycles. The van der Waals surface area contributed by atoms with E-state index in [0.717, 1.165) is 15.3 Å². The smallest absolute Gasteiger partial charge is 0.307 e. The molecular weight excluding hydrogens is 386 g/mol. The van der Waals surface area contributed by atoms with Crippen LogP contribution in [0.5, 0.6) is 0 Å². The van der Waals surface area contributed by atoms with Crippen LogP contribution in [-0.2, 0) is 15.0 Å². The third-order valence-corrected chi connectivity index (χ3v) is 6.44. The molecule has 0 unspecified atom stereocenters. The summed E-state index contributed by atoms with van der Waals surface area (Å²) in [5.74, 6) is -0.250. The summed E-state index contributed by atoms with van der Waals surface area (Å²) < 4.78 is 27.7. The molecule has 1 aromatic heterocycles. The molecule has 2 heterocycles. The van der Waals surface area contributed by atoms with E-state index >= 15 is 0 Å². The molecular formula is C19H16ClN3O3S. The van der Waals surface area contributed by atoms with Crippen LogP contribution in [0.3, 0.4) is 0 Å². The van der Waals surface area contributed by atoms with Gasteiger partial charge in [-0.15, -0.1) is 0 Å². The van der Waals surface area contributed by atoms with E-state index in [-0.39, 0.29) is 5.91 Å². The summed E-state index contributed by atoms with van der Waals surface area (Å²) in [5, 5.41) is 4.06. The molecule has 0 bridgehead atoms. The lowest BCUT2D eigenvalue weighted by Crippen LogP contribution is -2.28. The summed E-state index contributed by atoms with van der Waals surface area (Å²) in [4.78, 5) is 12.4. The summed E-state index contributed by atoms with van der Waals surface area (Å²) in [6, 6.07) is 12.4. The van der Waals surface area contributed by atoms with Crippen LogP contribution in [0.15, 0.2) is 48.7 Å². The lowest BCUT2D eigenvalue weighted by atomic mass is 10.0. The molecule has 0 fully saturated rings. The van der Waals surface area contributed by atoms with Crippen molar-refractivity contribution in [2.75, 3.05) is 19.4 Å². The van der Waals surface area contributed by atoms with Gasteiger partial charge in [-0.1, -0.05) is 35.9 Å². The third kappa shape index (κ3) is 2.84. The average molecular weight is 402 g/mol. The van der Waals surface area contributed by atoms with Crippen LogP contribution in [0.25, 0.3) is 22.6 Å². The fourth-order valence-corrected chi connectivity index (χ4v) is 4.30. The van der Waals surface area contributed by atoms with Crippen molar-refractivity contribution in [2.24, 2.45) is 0 Å². The number of carbonyl (C=O) groups is 1. The van der Waals surface area contributed by atoms with Crippen molar-refractivity contribution in [1.29, 1.82) is 0 Å². The van der Waals surface area contributed by atoms with E-state index < -0.39 is 10.2 Å². The Morgan fingerprint density at radius 1 is 1.15 bits per heavy atom. The Morgan fingerprint density at radius 3 is 2.63 bits per heavy atom. The van der Waals surface area contributed by atoms with Crippen LogP contribution in [-0.4, -0.2) is 36.7 Å². The molecule has 1 aliphatic rings. The summed E-state index contributed by atoms with van der Waals surface area (Å²) in [6.07, 6.45) is 3.24. The van der Waals surface area contributed by atoms with E-state index in [1.165, 1.54) is 24.3 Å². The molecule has 0 saturated carbocycles. The Kier molecular flexibility index (Phi) is 4.10. The van der Waals surface area contributed by atoms with Gasteiger partial charge < -0.3 is 5.32 Å². The molecule has 6 nitrogen and oxygen atoms in total. The monoisotopic (exact) mass is 401 g/mol. The zero-order valence-electron chi connectivity index (χ0n) is 14.6. The fraction of sp³-hybridized carbons (Fsp3) is 0.105. The van der Waals surface area contributed by atoms with Gasteiger partial charge in [0.1, 0.15) is 0 Å². The van der Waals surface area contributed by atoms with Crippen molar-refractivity contribution >= 4 is 56.0 Å². The molecule has 8 heteroatoms. The highest BCUT2D eigenvalue weighted by Gasteiger charge is 2.26. The van der Waals surface area contributed by atoms with Crippen LogP contribution < -0.4 is 5.32 Å². The molecule has 0 aliphatic carbocycles. The van der Waals surface area contributed by atoms with Gasteiger partial charge in [0.05, 0.1) is 11.2 Å². The number of anilines is 1. The molecule has 1 amide bonds. The lowest BCUT2D eigenvalue weighted by molar-refractivity contribution is -0.110. The quantitative estimate of drug-likeness (QED) is 0.683. The first-order valence-electron chi connectivity index (χ1n) is 8.15. The van der Waals surface area contributed by atoms with E-state index in [9.17, 15) is 13.2 Å². The number of hydrogen-bond acceptors (Lipinski definition) is 3. The maximum Gasteiger partial charge on any atom is 0.307 e. The Labute approximate surface area is 161 Å². The molecule has 1 aliphatic heterocycles. The Bertz CT molecular complexity index is 1230. The molecule has 27 heavy (non-hydrogen) atoms. The lowest BCUT2D eigenvalue weighted by Gasteiger charge is -2.12. The van der Waals surface area contributed by atoms with Crippen LogP contribution in [0.4, 0.5) is 5.69 Å². The van der Waals surface area contributed by atoms with Gasteiger partial charge in [0.2, 0.25) is 0 Å². The van der Waals surface area contributed by atoms with Gasteiger partial charge in [-0.25, -0.2) is 3.97 Å². The van der Waals surface area contributed by atoms with Crippen LogP contribution >= 0.6 is 11.6 Å². The molecule has 0 spiro atoms. The van der Waals surface area contributed by atoms with Gasteiger partial charge in [-0.05, 0) is 24.3 Å². The molecule has 0 saturated heterocycles. The normalized spacial score (nSPS) is 15.6. The summed E-state index contributed by atoms with van der Waals surface area (Å²) >= 11 is 5.99. The molecule has 0 radical (unpaired) electrons. The van der Waals surface area contributed by atoms with Crippen molar-refractivity contribution in [3.8, 4) is 0 Å². The van der Waals surface area contributed by atoms with Gasteiger partial charge >= 0.3 is 10.2 Å². The molecule has 3 aromatic rings. The van der Waals surface area contributed by atoms with Gasteiger partial charge in [0.25, 0.3) is 5.91 Å². The van der Waals surface area contributed by atoms with Gasteiger partial charge in [0.15, 0.2) is 0 Å². The summed E-state index contributed by atoms with van der Waals surface area (Å²) in [6.45, 7) is 0. The SMILES string of the molecule is CN(C)S(=O)(=O)n1cc(/C=C2\C(=O)Nc3cc(Cl)ccc32)c2ccccc21. The van der Waals surface area contributed by atoms with Crippen molar-refractivity contribution in [3.63, 3.8) is 0 Å². The highest BCUT2D eigenvalue weighted by atomic mass is 35.5. The maximum absolute atomic E-state index is 12.7. The van der Waals surface area contributed by atoms with E-state index in [2.05, 4.69) is 5.32 Å². The number of nitrogens with zero attached hydrogens (tertiary/aromatic N) is 2. The second-order valence-corrected chi connectivity index (χ2v) is 8.85. The standard InChI is InChI=1S/C19H16ClN3O3S/c1-22(2)27(25,26)23-11-12(14-5-3-4-6-18(14)23)9-16-15-8-7-13(20)10-17(15)21-19(16)24/h3-11H,1-2H3,(H,21,24)/b16-9-. The van der Waals surface area contributed by atoms with Gasteiger partial charge in [0, 0.05) is 47.4 Å². The zero-order chi connectivity index (χ0) is 19.3. The number of hydrogen-bond donors (Lipinski definition) is 1. The average Bonchev–Trinajstić information content (AvgIpc) is 3.13. The molecule has 4 rings (SSSR count). The van der Waals surface area contributed by atoms with E-state index in [0.29, 0.717) is 27.4 Å². The fourth-order valence-electron chi connectivity index (χ4n) is 3.12. The van der Waals surface area contributed by atoms with Crippen LogP contribution in [0.1, 0.15) is 11.1 Å². The predicted molar refractivity (Wildman–Crippen MR) is 108 cm³/mol. The van der Waals surface area contributed by atoms with E-state index in [1.807, 2.05) is 12.1 Å². The number of benzene rings is 2. The Morgan fingerprint density at radius 2 is 1.89 bits per heavy atom. The predicted octanol–water partition coefficient (Wildman–Crippen LogP) is 3.44. The summed E-state index contributed by atoms with van der Waals surface area (Å²) in [7, 11) is -0.736. The third-order valence-electron chi connectivity index (χ3n) is 4.48. The second-order valence-electron chi connectivity index (χ2n) is 6.39. The number of nitrogens with one attached hydrogen (secondary N) is 1. The number of carbonyl (C=O) groups excluding carboxylic acids is 1. The molecule has 138 valence electrons. The van der Waals surface area contributed by atoms with Crippen LogP contribution in [0, 0.1) is 0 Å². The Hall–Kier alpha value is -2.61. The highest BCUT2D eigenvalue weighted by Crippen LogP contribution is 2.36. The molecule has 0 atom stereocenters. The number of fused-ring (bicyclic) bond motifs is 2. The first-order chi connectivity index (χ1) is 12.8. The van der Waals surface area contributed by atoms with Crippen molar-refractivity contribution in [2.45, 2.75) is 0 Å². The first kappa shape index (κ1) is 17.8. The number of rotatable bonds is 3. The van der Waals surface area contributed by atoms with Crippen molar-refractivity contribution in [3.05, 3.63) is 64.8 Å². The number of aromatic nitrogens is 1.